The van der Waals surface area contributed by atoms with Gasteiger partial charge in [-0.05, 0) is 24.5 Å². The molecule has 0 fully saturated rings. The monoisotopic (exact) mass is 240 g/mol. The molecule has 0 amide bonds. The highest BCUT2D eigenvalue weighted by molar-refractivity contribution is 7.99. The minimum absolute atomic E-state index is 0.510. The summed E-state index contributed by atoms with van der Waals surface area (Å²) in [7, 11) is 0. The Labute approximate surface area is 99.6 Å². The minimum atomic E-state index is 0.510. The predicted octanol–water partition coefficient (Wildman–Crippen LogP) is 3.38. The summed E-state index contributed by atoms with van der Waals surface area (Å²) >= 11 is 7.65. The van der Waals surface area contributed by atoms with Crippen LogP contribution in [0.3, 0.4) is 0 Å². The van der Waals surface area contributed by atoms with Crippen LogP contribution >= 0.6 is 23.4 Å². The maximum atomic E-state index is 8.89. The summed E-state index contributed by atoms with van der Waals surface area (Å²) in [5.74, 6) is 0. The van der Waals surface area contributed by atoms with Gasteiger partial charge < -0.3 is 5.32 Å². The van der Waals surface area contributed by atoms with Crippen molar-refractivity contribution in [3.63, 3.8) is 0 Å². The summed E-state index contributed by atoms with van der Waals surface area (Å²) in [5.41, 5.74) is 1.44. The number of thioether (sulfide) groups is 1. The van der Waals surface area contributed by atoms with Gasteiger partial charge in [-0.25, -0.2) is 0 Å². The molecule has 4 heteroatoms. The molecule has 0 saturated heterocycles. The van der Waals surface area contributed by atoms with Crippen molar-refractivity contribution < 1.29 is 0 Å². The van der Waals surface area contributed by atoms with E-state index in [1.165, 1.54) is 0 Å². The Kier molecular flexibility index (Phi) is 4.80. The van der Waals surface area contributed by atoms with E-state index in [4.69, 9.17) is 16.9 Å². The third-order valence-corrected chi connectivity index (χ3v) is 3.29. The first-order chi connectivity index (χ1) is 7.17. The zero-order valence-corrected chi connectivity index (χ0v) is 10.3. The molecule has 1 unspecified atom stereocenters. The van der Waals surface area contributed by atoms with Crippen LogP contribution in [0.15, 0.2) is 18.2 Å². The number of rotatable bonds is 4. The molecule has 0 bridgehead atoms. The molecule has 15 heavy (non-hydrogen) atoms. The molecular weight excluding hydrogens is 228 g/mol. The van der Waals surface area contributed by atoms with E-state index in [2.05, 4.69) is 24.6 Å². The normalized spacial score (nSPS) is 11.9. The number of anilines is 1. The summed E-state index contributed by atoms with van der Waals surface area (Å²) < 4.78 is 0. The van der Waals surface area contributed by atoms with Crippen molar-refractivity contribution in [1.29, 1.82) is 5.26 Å². The van der Waals surface area contributed by atoms with Crippen LogP contribution in [-0.4, -0.2) is 18.1 Å². The highest BCUT2D eigenvalue weighted by Crippen LogP contribution is 2.20. The smallest absolute Gasteiger partial charge is 0.101 e. The van der Waals surface area contributed by atoms with E-state index < -0.39 is 0 Å². The van der Waals surface area contributed by atoms with Gasteiger partial charge in [0.05, 0.1) is 11.3 Å². The van der Waals surface area contributed by atoms with Crippen LogP contribution in [0.5, 0.6) is 0 Å². The first kappa shape index (κ1) is 12.2. The van der Waals surface area contributed by atoms with Gasteiger partial charge in [-0.15, -0.1) is 0 Å². The molecule has 0 aromatic heterocycles. The van der Waals surface area contributed by atoms with Crippen molar-refractivity contribution >= 4 is 29.1 Å². The average molecular weight is 241 g/mol. The first-order valence-electron chi connectivity index (χ1n) is 4.63. The van der Waals surface area contributed by atoms with Gasteiger partial charge in [0, 0.05) is 16.8 Å². The second-order valence-corrected chi connectivity index (χ2v) is 4.94. The van der Waals surface area contributed by atoms with Gasteiger partial charge in [0.15, 0.2) is 0 Å². The van der Waals surface area contributed by atoms with E-state index in [1.807, 2.05) is 0 Å². The topological polar surface area (TPSA) is 35.8 Å². The van der Waals surface area contributed by atoms with Crippen molar-refractivity contribution in [3.05, 3.63) is 28.8 Å². The molecule has 1 aromatic carbocycles. The van der Waals surface area contributed by atoms with E-state index in [-0.39, 0.29) is 0 Å². The molecule has 2 nitrogen and oxygen atoms in total. The largest absolute Gasteiger partial charge is 0.383 e. The van der Waals surface area contributed by atoms with Crippen LogP contribution in [0.1, 0.15) is 12.5 Å². The van der Waals surface area contributed by atoms with E-state index in [0.717, 1.165) is 12.2 Å². The van der Waals surface area contributed by atoms with Crippen molar-refractivity contribution in [2.75, 3.05) is 18.1 Å². The Morgan fingerprint density at radius 3 is 2.93 bits per heavy atom. The molecule has 1 atom stereocenters. The third kappa shape index (κ3) is 3.65. The van der Waals surface area contributed by atoms with Crippen molar-refractivity contribution in [1.82, 2.24) is 0 Å². The van der Waals surface area contributed by atoms with E-state index in [1.54, 1.807) is 30.0 Å². The van der Waals surface area contributed by atoms with Crippen molar-refractivity contribution in [3.8, 4) is 6.07 Å². The molecule has 0 spiro atoms. The number of benzene rings is 1. The Hall–Kier alpha value is -0.850. The lowest BCUT2D eigenvalue weighted by atomic mass is 10.2. The third-order valence-electron chi connectivity index (χ3n) is 2.08. The van der Waals surface area contributed by atoms with Gasteiger partial charge in [0.25, 0.3) is 0 Å². The number of nitriles is 1. The predicted molar refractivity (Wildman–Crippen MR) is 67.6 cm³/mol. The summed E-state index contributed by atoms with van der Waals surface area (Å²) in [5, 5.41) is 13.3. The number of halogens is 1. The molecular formula is C11H13ClN2S. The lowest BCUT2D eigenvalue weighted by Gasteiger charge is -2.12. The lowest BCUT2D eigenvalue weighted by molar-refractivity contribution is 1.00. The first-order valence-corrected chi connectivity index (χ1v) is 6.30. The maximum Gasteiger partial charge on any atom is 0.101 e. The summed E-state index contributed by atoms with van der Waals surface area (Å²) in [6.07, 6.45) is 2.07. The SMILES string of the molecule is CSC(C)CNc1cc(Cl)ccc1C#N. The van der Waals surface area contributed by atoms with Crippen LogP contribution < -0.4 is 5.32 Å². The Morgan fingerprint density at radius 2 is 2.33 bits per heavy atom. The van der Waals surface area contributed by atoms with Crippen LogP contribution in [0.2, 0.25) is 5.02 Å². The van der Waals surface area contributed by atoms with Crippen LogP contribution in [0.25, 0.3) is 0 Å². The molecule has 0 radical (unpaired) electrons. The summed E-state index contributed by atoms with van der Waals surface area (Å²) in [4.78, 5) is 0. The Bertz CT molecular complexity index is 373. The number of hydrogen-bond donors (Lipinski definition) is 1. The average Bonchev–Trinajstić information content (AvgIpc) is 2.26. The van der Waals surface area contributed by atoms with Gasteiger partial charge in [-0.2, -0.15) is 17.0 Å². The quantitative estimate of drug-likeness (QED) is 0.877. The second kappa shape index (κ2) is 5.89. The Balaban J connectivity index is 2.75. The minimum Gasteiger partial charge on any atom is -0.383 e. The zero-order chi connectivity index (χ0) is 11.3. The van der Waals surface area contributed by atoms with Gasteiger partial charge in [-0.1, -0.05) is 18.5 Å². The molecule has 0 aliphatic heterocycles. The van der Waals surface area contributed by atoms with Gasteiger partial charge in [0.2, 0.25) is 0 Å². The Morgan fingerprint density at radius 1 is 1.60 bits per heavy atom. The van der Waals surface area contributed by atoms with Crippen molar-refractivity contribution in [2.45, 2.75) is 12.2 Å². The van der Waals surface area contributed by atoms with Crippen LogP contribution in [0, 0.1) is 11.3 Å². The maximum absolute atomic E-state index is 8.89. The molecule has 0 aliphatic rings. The number of hydrogen-bond acceptors (Lipinski definition) is 3. The molecule has 0 aliphatic carbocycles. The number of nitrogens with one attached hydrogen (secondary N) is 1. The highest BCUT2D eigenvalue weighted by Gasteiger charge is 2.04. The van der Waals surface area contributed by atoms with E-state index in [9.17, 15) is 0 Å². The molecule has 80 valence electrons. The van der Waals surface area contributed by atoms with Gasteiger partial charge in [0.1, 0.15) is 6.07 Å². The van der Waals surface area contributed by atoms with Gasteiger partial charge in [-0.3, -0.25) is 0 Å². The van der Waals surface area contributed by atoms with E-state index in [0.29, 0.717) is 15.8 Å². The summed E-state index contributed by atoms with van der Waals surface area (Å²) in [6.45, 7) is 2.96. The highest BCUT2D eigenvalue weighted by atomic mass is 35.5. The van der Waals surface area contributed by atoms with Gasteiger partial charge >= 0.3 is 0 Å². The molecule has 1 N–H and O–H groups in total. The second-order valence-electron chi connectivity index (χ2n) is 3.23. The fourth-order valence-electron chi connectivity index (χ4n) is 1.10. The standard InChI is InChI=1S/C11H13ClN2S/c1-8(15-2)7-14-11-5-10(12)4-3-9(11)6-13/h3-5,8,14H,7H2,1-2H3. The van der Waals surface area contributed by atoms with Crippen molar-refractivity contribution in [2.24, 2.45) is 0 Å². The lowest BCUT2D eigenvalue weighted by Crippen LogP contribution is -2.13. The zero-order valence-electron chi connectivity index (χ0n) is 8.75. The fourth-order valence-corrected chi connectivity index (χ4v) is 1.52. The molecule has 1 rings (SSSR count). The fraction of sp³-hybridized carbons (Fsp3) is 0.364. The van der Waals surface area contributed by atoms with Crippen LogP contribution in [-0.2, 0) is 0 Å². The molecule has 1 aromatic rings. The molecule has 0 saturated carbocycles. The molecule has 0 heterocycles. The number of nitrogens with zero attached hydrogens (tertiary/aromatic N) is 1. The van der Waals surface area contributed by atoms with Crippen LogP contribution in [0.4, 0.5) is 5.69 Å². The van der Waals surface area contributed by atoms with E-state index >= 15 is 0 Å². The summed E-state index contributed by atoms with van der Waals surface area (Å²) in [6, 6.07) is 7.38.